The predicted molar refractivity (Wildman–Crippen MR) is 102 cm³/mol. The lowest BCUT2D eigenvalue weighted by Gasteiger charge is -2.26. The number of pyridine rings is 1. The summed E-state index contributed by atoms with van der Waals surface area (Å²) in [5.74, 6) is -5.41. The van der Waals surface area contributed by atoms with Crippen LogP contribution in [0.4, 0.5) is 13.2 Å². The molecule has 0 saturated heterocycles. The molecule has 0 unspecified atom stereocenters. The standard InChI is InChI=1S/C23H12F3NO4/c24-15-7-11(8-16(25)21(15)26)9-18-22(29)13-1-2-17-20(23(13)31-18)14(10-19(28)30-17)12-3-5-27-6-4-12/h1-9,14H,10H2/b18-9-/t14-/m0/s1. The van der Waals surface area contributed by atoms with Crippen molar-refractivity contribution in [3.63, 3.8) is 0 Å². The van der Waals surface area contributed by atoms with Crippen LogP contribution in [0.2, 0.25) is 0 Å². The summed E-state index contributed by atoms with van der Waals surface area (Å²) in [6.07, 6.45) is 4.36. The lowest BCUT2D eigenvalue weighted by molar-refractivity contribution is -0.135. The molecule has 8 heteroatoms. The monoisotopic (exact) mass is 423 g/mol. The maximum atomic E-state index is 13.6. The minimum atomic E-state index is -1.60. The van der Waals surface area contributed by atoms with Crippen LogP contribution in [-0.2, 0) is 4.79 Å². The Hall–Kier alpha value is -3.94. The second-order valence-electron chi connectivity index (χ2n) is 7.10. The van der Waals surface area contributed by atoms with Gasteiger partial charge < -0.3 is 9.47 Å². The molecule has 2 aliphatic heterocycles. The number of hydrogen-bond acceptors (Lipinski definition) is 5. The van der Waals surface area contributed by atoms with Gasteiger partial charge in [0.05, 0.1) is 12.0 Å². The third-order valence-electron chi connectivity index (χ3n) is 5.19. The fourth-order valence-corrected chi connectivity index (χ4v) is 3.80. The molecule has 1 aromatic heterocycles. The van der Waals surface area contributed by atoms with Gasteiger partial charge >= 0.3 is 5.97 Å². The van der Waals surface area contributed by atoms with E-state index in [9.17, 15) is 22.8 Å². The minimum Gasteiger partial charge on any atom is -0.452 e. The molecule has 0 saturated carbocycles. The second kappa shape index (κ2) is 7.09. The van der Waals surface area contributed by atoms with Crippen LogP contribution in [0.3, 0.4) is 0 Å². The first-order valence-electron chi connectivity index (χ1n) is 9.28. The van der Waals surface area contributed by atoms with Crippen molar-refractivity contribution in [2.45, 2.75) is 12.3 Å². The molecule has 0 fully saturated rings. The van der Waals surface area contributed by atoms with Crippen LogP contribution in [-0.4, -0.2) is 16.7 Å². The van der Waals surface area contributed by atoms with Gasteiger partial charge in [0.2, 0.25) is 5.78 Å². The Morgan fingerprint density at radius 2 is 1.68 bits per heavy atom. The van der Waals surface area contributed by atoms with Gasteiger partial charge in [-0.05, 0) is 53.6 Å². The summed E-state index contributed by atoms with van der Waals surface area (Å²) in [4.78, 5) is 29.0. The number of aromatic nitrogens is 1. The van der Waals surface area contributed by atoms with Crippen LogP contribution >= 0.6 is 0 Å². The third-order valence-corrected chi connectivity index (χ3v) is 5.19. The summed E-state index contributed by atoms with van der Waals surface area (Å²) in [6, 6.07) is 8.02. The Balaban J connectivity index is 1.61. The number of fused-ring (bicyclic) bond motifs is 3. The molecule has 0 N–H and O–H groups in total. The zero-order valence-electron chi connectivity index (χ0n) is 15.7. The number of allylic oxidation sites excluding steroid dienone is 1. The fraction of sp³-hybridized carbons (Fsp3) is 0.0870. The van der Waals surface area contributed by atoms with Crippen molar-refractivity contribution in [1.82, 2.24) is 4.98 Å². The second-order valence-corrected chi connectivity index (χ2v) is 7.10. The number of hydrogen-bond donors (Lipinski definition) is 0. The zero-order valence-corrected chi connectivity index (χ0v) is 15.7. The van der Waals surface area contributed by atoms with E-state index in [0.717, 1.165) is 23.8 Å². The number of esters is 1. The van der Waals surface area contributed by atoms with Gasteiger partial charge in [0.1, 0.15) is 11.5 Å². The summed E-state index contributed by atoms with van der Waals surface area (Å²) in [5, 5.41) is 0. The van der Waals surface area contributed by atoms with Crippen molar-refractivity contribution in [1.29, 1.82) is 0 Å². The van der Waals surface area contributed by atoms with Gasteiger partial charge in [-0.25, -0.2) is 13.2 Å². The van der Waals surface area contributed by atoms with Crippen molar-refractivity contribution >= 4 is 17.8 Å². The van der Waals surface area contributed by atoms with Gasteiger partial charge in [0.15, 0.2) is 23.2 Å². The van der Waals surface area contributed by atoms with Gasteiger partial charge in [-0.2, -0.15) is 0 Å². The van der Waals surface area contributed by atoms with E-state index in [2.05, 4.69) is 4.98 Å². The summed E-state index contributed by atoms with van der Waals surface area (Å²) >= 11 is 0. The molecule has 0 spiro atoms. The highest BCUT2D eigenvalue weighted by Gasteiger charge is 2.38. The molecule has 0 aliphatic carbocycles. The van der Waals surface area contributed by atoms with Gasteiger partial charge in [-0.3, -0.25) is 14.6 Å². The quantitative estimate of drug-likeness (QED) is 0.262. The number of rotatable bonds is 2. The first-order chi connectivity index (χ1) is 14.9. The Morgan fingerprint density at radius 3 is 2.39 bits per heavy atom. The van der Waals surface area contributed by atoms with Crippen LogP contribution < -0.4 is 9.47 Å². The number of benzene rings is 2. The van der Waals surface area contributed by atoms with Gasteiger partial charge in [0, 0.05) is 23.9 Å². The van der Waals surface area contributed by atoms with Gasteiger partial charge in [-0.1, -0.05) is 0 Å². The number of halogens is 3. The summed E-state index contributed by atoms with van der Waals surface area (Å²) in [6.45, 7) is 0. The molecule has 5 rings (SSSR count). The largest absolute Gasteiger partial charge is 0.452 e. The van der Waals surface area contributed by atoms with Gasteiger partial charge in [0.25, 0.3) is 0 Å². The third kappa shape index (κ3) is 3.16. The van der Waals surface area contributed by atoms with E-state index in [1.165, 1.54) is 12.1 Å². The smallest absolute Gasteiger partial charge is 0.312 e. The average Bonchev–Trinajstić information content (AvgIpc) is 3.07. The van der Waals surface area contributed by atoms with Crippen molar-refractivity contribution < 1.29 is 32.2 Å². The van der Waals surface area contributed by atoms with Crippen molar-refractivity contribution in [3.05, 3.63) is 94.3 Å². The topological polar surface area (TPSA) is 65.5 Å². The van der Waals surface area contributed by atoms with E-state index < -0.39 is 35.1 Å². The molecule has 3 aromatic rings. The highest BCUT2D eigenvalue weighted by molar-refractivity contribution is 6.15. The molecular formula is C23H12F3NO4. The van der Waals surface area contributed by atoms with E-state index >= 15 is 0 Å². The first-order valence-corrected chi connectivity index (χ1v) is 9.28. The molecule has 31 heavy (non-hydrogen) atoms. The molecule has 2 aromatic carbocycles. The number of ether oxygens (including phenoxy) is 2. The summed E-state index contributed by atoms with van der Waals surface area (Å²) in [5.41, 5.74) is 1.47. The Labute approximate surface area is 173 Å². The van der Waals surface area contributed by atoms with E-state index in [1.54, 1.807) is 24.5 Å². The van der Waals surface area contributed by atoms with E-state index in [-0.39, 0.29) is 34.8 Å². The molecule has 3 heterocycles. The molecule has 0 bridgehead atoms. The number of carbonyl (C=O) groups is 2. The lowest BCUT2D eigenvalue weighted by Crippen LogP contribution is -2.21. The Kier molecular flexibility index (Phi) is 4.35. The molecule has 0 amide bonds. The molecule has 5 nitrogen and oxygen atoms in total. The summed E-state index contributed by atoms with van der Waals surface area (Å²) < 4.78 is 51.4. The van der Waals surface area contributed by atoms with E-state index in [4.69, 9.17) is 9.47 Å². The van der Waals surface area contributed by atoms with Crippen LogP contribution in [0.5, 0.6) is 11.5 Å². The number of Topliss-reactive ketones (excluding diaryl/α,β-unsaturated/α-hetero) is 1. The van der Waals surface area contributed by atoms with Crippen molar-refractivity contribution in [2.24, 2.45) is 0 Å². The van der Waals surface area contributed by atoms with Crippen LogP contribution in [0.25, 0.3) is 6.08 Å². The number of nitrogens with zero attached hydrogens (tertiary/aromatic N) is 1. The van der Waals surface area contributed by atoms with Crippen molar-refractivity contribution in [3.8, 4) is 11.5 Å². The lowest BCUT2D eigenvalue weighted by atomic mass is 9.85. The fourth-order valence-electron chi connectivity index (χ4n) is 3.80. The zero-order chi connectivity index (χ0) is 21.7. The number of ketones is 1. The minimum absolute atomic E-state index is 0.0401. The Bertz CT molecular complexity index is 1260. The number of carbonyl (C=O) groups excluding carboxylic acids is 2. The average molecular weight is 423 g/mol. The maximum absolute atomic E-state index is 13.6. The first kappa shape index (κ1) is 19.0. The van der Waals surface area contributed by atoms with Crippen LogP contribution in [0.15, 0.2) is 54.6 Å². The molecule has 1 atom stereocenters. The maximum Gasteiger partial charge on any atom is 0.312 e. The highest BCUT2D eigenvalue weighted by Crippen LogP contribution is 2.48. The normalized spacial score (nSPS) is 18.4. The van der Waals surface area contributed by atoms with E-state index in [0.29, 0.717) is 5.56 Å². The van der Waals surface area contributed by atoms with Crippen LogP contribution in [0, 0.1) is 17.5 Å². The van der Waals surface area contributed by atoms with E-state index in [1.807, 2.05) is 0 Å². The van der Waals surface area contributed by atoms with Crippen LogP contribution in [0.1, 0.15) is 39.4 Å². The Morgan fingerprint density at radius 1 is 0.968 bits per heavy atom. The summed E-state index contributed by atoms with van der Waals surface area (Å²) in [7, 11) is 0. The highest BCUT2D eigenvalue weighted by atomic mass is 19.2. The van der Waals surface area contributed by atoms with Gasteiger partial charge in [-0.15, -0.1) is 0 Å². The molecule has 2 aliphatic rings. The molecule has 154 valence electrons. The molecular weight excluding hydrogens is 411 g/mol. The predicted octanol–water partition coefficient (Wildman–Crippen LogP) is 4.56. The molecule has 0 radical (unpaired) electrons. The SMILES string of the molecule is O=C1C[C@@H](c2ccncc2)c2c(ccc3c2O/C(=C\c2cc(F)c(F)c(F)c2)C3=O)O1. The van der Waals surface area contributed by atoms with Crippen molar-refractivity contribution in [2.75, 3.05) is 0 Å².